The van der Waals surface area contributed by atoms with E-state index >= 15 is 0 Å². The minimum Gasteiger partial charge on any atom is -0.312 e. The summed E-state index contributed by atoms with van der Waals surface area (Å²) in [5, 5.41) is 4.65. The van der Waals surface area contributed by atoms with E-state index in [9.17, 15) is 0 Å². The van der Waals surface area contributed by atoms with Gasteiger partial charge in [-0.25, -0.2) is 0 Å². The van der Waals surface area contributed by atoms with Crippen molar-refractivity contribution in [1.29, 1.82) is 0 Å². The van der Waals surface area contributed by atoms with Gasteiger partial charge in [-0.3, -0.25) is 4.98 Å². The van der Waals surface area contributed by atoms with Crippen molar-refractivity contribution < 1.29 is 0 Å². The predicted octanol–water partition coefficient (Wildman–Crippen LogP) is 3.29. The number of allylic oxidation sites excluding steroid dienone is 1. The van der Waals surface area contributed by atoms with Crippen LogP contribution >= 0.6 is 0 Å². The minimum atomic E-state index is 0.881. The maximum atomic E-state index is 4.44. The summed E-state index contributed by atoms with van der Waals surface area (Å²) in [4.78, 5) is 4.44. The average molecular weight is 226 g/mol. The van der Waals surface area contributed by atoms with Gasteiger partial charge in [0.15, 0.2) is 0 Å². The quantitative estimate of drug-likeness (QED) is 0.625. The molecule has 0 radical (unpaired) electrons. The van der Waals surface area contributed by atoms with Crippen LogP contribution in [0.4, 0.5) is 0 Å². The number of fused-ring (bicyclic) bond motifs is 1. The molecule has 0 aliphatic heterocycles. The summed E-state index contributed by atoms with van der Waals surface area (Å²) in [5.74, 6) is 0. The summed E-state index contributed by atoms with van der Waals surface area (Å²) in [7, 11) is 0. The summed E-state index contributed by atoms with van der Waals surface area (Å²) in [6.45, 7) is 3.94. The van der Waals surface area contributed by atoms with Crippen LogP contribution in [-0.2, 0) is 6.54 Å². The van der Waals surface area contributed by atoms with Gasteiger partial charge in [0.1, 0.15) is 0 Å². The first kappa shape index (κ1) is 11.8. The van der Waals surface area contributed by atoms with Gasteiger partial charge in [-0.15, -0.1) is 0 Å². The van der Waals surface area contributed by atoms with E-state index in [1.165, 1.54) is 10.9 Å². The van der Waals surface area contributed by atoms with Crippen molar-refractivity contribution in [1.82, 2.24) is 10.3 Å². The fraction of sp³-hybridized carbons (Fsp3) is 0.267. The lowest BCUT2D eigenvalue weighted by Crippen LogP contribution is -2.14. The number of para-hydroxylation sites is 1. The van der Waals surface area contributed by atoms with Crippen LogP contribution < -0.4 is 5.32 Å². The first-order chi connectivity index (χ1) is 8.42. The fourth-order valence-electron chi connectivity index (χ4n) is 1.89. The van der Waals surface area contributed by atoms with Crippen LogP contribution in [0.2, 0.25) is 0 Å². The third-order valence-corrected chi connectivity index (χ3v) is 2.76. The Morgan fingerprint density at radius 3 is 3.00 bits per heavy atom. The Morgan fingerprint density at radius 1 is 1.24 bits per heavy atom. The smallest absolute Gasteiger partial charge is 0.0746 e. The topological polar surface area (TPSA) is 24.9 Å². The molecule has 17 heavy (non-hydrogen) atoms. The van der Waals surface area contributed by atoms with Crippen LogP contribution in [0.25, 0.3) is 10.9 Å². The van der Waals surface area contributed by atoms with Crippen LogP contribution in [0.5, 0.6) is 0 Å². The second-order valence-corrected chi connectivity index (χ2v) is 4.03. The van der Waals surface area contributed by atoms with Crippen molar-refractivity contribution in [2.45, 2.75) is 19.9 Å². The number of pyridine rings is 1. The highest BCUT2D eigenvalue weighted by atomic mass is 14.8. The second kappa shape index (κ2) is 6.16. The van der Waals surface area contributed by atoms with Crippen LogP contribution in [-0.4, -0.2) is 11.5 Å². The molecular weight excluding hydrogens is 208 g/mol. The van der Waals surface area contributed by atoms with Gasteiger partial charge in [-0.2, -0.15) is 0 Å². The van der Waals surface area contributed by atoms with Crippen molar-refractivity contribution >= 4 is 10.9 Å². The molecule has 0 saturated carbocycles. The largest absolute Gasteiger partial charge is 0.312 e. The molecule has 2 heteroatoms. The standard InChI is InChI=1S/C15H18N2/c1-2-3-4-10-16-12-14-8-5-7-13-9-6-11-17-15(13)14/h2-3,5-9,11,16H,4,10,12H2,1H3/b3-2+. The summed E-state index contributed by atoms with van der Waals surface area (Å²) >= 11 is 0. The monoisotopic (exact) mass is 226 g/mol. The number of nitrogens with one attached hydrogen (secondary N) is 1. The summed E-state index contributed by atoms with van der Waals surface area (Å²) in [6.07, 6.45) is 7.19. The van der Waals surface area contributed by atoms with Crippen LogP contribution in [0, 0.1) is 0 Å². The number of benzene rings is 1. The van der Waals surface area contributed by atoms with E-state index in [1.807, 2.05) is 12.3 Å². The lowest BCUT2D eigenvalue weighted by atomic mass is 10.1. The predicted molar refractivity (Wildman–Crippen MR) is 72.9 cm³/mol. The van der Waals surface area contributed by atoms with Crippen molar-refractivity contribution in [2.24, 2.45) is 0 Å². The van der Waals surface area contributed by atoms with Gasteiger partial charge >= 0.3 is 0 Å². The third kappa shape index (κ3) is 3.14. The molecule has 0 fully saturated rings. The molecule has 88 valence electrons. The van der Waals surface area contributed by atoms with E-state index in [4.69, 9.17) is 0 Å². The molecular formula is C15H18N2. The second-order valence-electron chi connectivity index (χ2n) is 4.03. The van der Waals surface area contributed by atoms with Crippen LogP contribution in [0.1, 0.15) is 18.9 Å². The normalized spacial score (nSPS) is 11.4. The number of rotatable bonds is 5. The summed E-state index contributed by atoms with van der Waals surface area (Å²) in [5.41, 5.74) is 2.37. The maximum Gasteiger partial charge on any atom is 0.0746 e. The molecule has 0 saturated heterocycles. The molecule has 0 spiro atoms. The molecule has 1 aromatic heterocycles. The molecule has 2 aromatic rings. The Hall–Kier alpha value is -1.67. The number of hydrogen-bond acceptors (Lipinski definition) is 2. The maximum absolute atomic E-state index is 4.44. The van der Waals surface area contributed by atoms with E-state index in [0.717, 1.165) is 25.0 Å². The molecule has 0 unspecified atom stereocenters. The van der Waals surface area contributed by atoms with Crippen molar-refractivity contribution in [3.8, 4) is 0 Å². The van der Waals surface area contributed by atoms with Crippen LogP contribution in [0.15, 0.2) is 48.7 Å². The van der Waals surface area contributed by atoms with Crippen molar-refractivity contribution in [3.05, 3.63) is 54.2 Å². The zero-order chi connectivity index (χ0) is 11.9. The van der Waals surface area contributed by atoms with Gasteiger partial charge in [0.2, 0.25) is 0 Å². The average Bonchev–Trinajstić information content (AvgIpc) is 2.39. The van der Waals surface area contributed by atoms with Gasteiger partial charge < -0.3 is 5.32 Å². The number of hydrogen-bond donors (Lipinski definition) is 1. The van der Waals surface area contributed by atoms with E-state index in [0.29, 0.717) is 0 Å². The van der Waals surface area contributed by atoms with Gasteiger partial charge in [-0.1, -0.05) is 36.4 Å². The highest BCUT2D eigenvalue weighted by Crippen LogP contribution is 2.15. The van der Waals surface area contributed by atoms with Gasteiger partial charge in [0, 0.05) is 18.1 Å². The molecule has 2 rings (SSSR count). The Kier molecular flexibility index (Phi) is 4.28. The minimum absolute atomic E-state index is 0.881. The zero-order valence-corrected chi connectivity index (χ0v) is 10.2. The van der Waals surface area contributed by atoms with Gasteiger partial charge in [0.05, 0.1) is 5.52 Å². The van der Waals surface area contributed by atoms with Crippen LogP contribution in [0.3, 0.4) is 0 Å². The molecule has 0 bridgehead atoms. The fourth-order valence-corrected chi connectivity index (χ4v) is 1.89. The Balaban J connectivity index is 2.03. The Bertz CT molecular complexity index is 498. The summed E-state index contributed by atoms with van der Waals surface area (Å²) in [6, 6.07) is 10.4. The van der Waals surface area contributed by atoms with E-state index in [1.54, 1.807) is 0 Å². The zero-order valence-electron chi connectivity index (χ0n) is 10.2. The van der Waals surface area contributed by atoms with E-state index < -0.39 is 0 Å². The molecule has 0 atom stereocenters. The number of nitrogens with zero attached hydrogens (tertiary/aromatic N) is 1. The molecule has 0 amide bonds. The third-order valence-electron chi connectivity index (χ3n) is 2.76. The number of aromatic nitrogens is 1. The Morgan fingerprint density at radius 2 is 2.12 bits per heavy atom. The lowest BCUT2D eigenvalue weighted by molar-refractivity contribution is 0.697. The highest BCUT2D eigenvalue weighted by molar-refractivity contribution is 5.81. The SMILES string of the molecule is C/C=C/CCNCc1cccc2cccnc12. The molecule has 1 aromatic carbocycles. The first-order valence-corrected chi connectivity index (χ1v) is 6.06. The van der Waals surface area contributed by atoms with E-state index in [-0.39, 0.29) is 0 Å². The highest BCUT2D eigenvalue weighted by Gasteiger charge is 2.00. The van der Waals surface area contributed by atoms with Crippen molar-refractivity contribution in [2.75, 3.05) is 6.54 Å². The lowest BCUT2D eigenvalue weighted by Gasteiger charge is -2.06. The van der Waals surface area contributed by atoms with Gasteiger partial charge in [0.25, 0.3) is 0 Å². The molecule has 2 nitrogen and oxygen atoms in total. The molecule has 0 aliphatic rings. The van der Waals surface area contributed by atoms with Gasteiger partial charge in [-0.05, 0) is 31.5 Å². The Labute approximate surface area is 102 Å². The molecule has 0 aliphatic carbocycles. The van der Waals surface area contributed by atoms with Crippen molar-refractivity contribution in [3.63, 3.8) is 0 Å². The first-order valence-electron chi connectivity index (χ1n) is 6.06. The van der Waals surface area contributed by atoms with E-state index in [2.05, 4.69) is 53.6 Å². The molecule has 1 heterocycles. The summed E-state index contributed by atoms with van der Waals surface area (Å²) < 4.78 is 0. The molecule has 1 N–H and O–H groups in total.